The highest BCUT2D eigenvalue weighted by Gasteiger charge is 2.17. The van der Waals surface area contributed by atoms with Crippen molar-refractivity contribution in [2.45, 2.75) is 25.7 Å². The molecule has 0 bridgehead atoms. The van der Waals surface area contributed by atoms with Crippen LogP contribution in [-0.4, -0.2) is 23.5 Å². The highest BCUT2D eigenvalue weighted by molar-refractivity contribution is 5.76. The zero-order chi connectivity index (χ0) is 8.97. The van der Waals surface area contributed by atoms with E-state index in [9.17, 15) is 9.59 Å². The number of nitrogens with one attached hydrogen (secondary N) is 1. The lowest BCUT2D eigenvalue weighted by molar-refractivity contribution is -0.138. The van der Waals surface area contributed by atoms with Gasteiger partial charge in [-0.05, 0) is 18.8 Å². The summed E-state index contributed by atoms with van der Waals surface area (Å²) in [5, 5.41) is 11.2. The molecule has 0 aromatic carbocycles. The highest BCUT2D eigenvalue weighted by Crippen LogP contribution is 2.17. The summed E-state index contributed by atoms with van der Waals surface area (Å²) >= 11 is 0. The fourth-order valence-electron chi connectivity index (χ4n) is 1.43. The van der Waals surface area contributed by atoms with E-state index in [1.165, 1.54) is 0 Å². The maximum absolute atomic E-state index is 10.9. The van der Waals surface area contributed by atoms with Gasteiger partial charge in [-0.1, -0.05) is 0 Å². The summed E-state index contributed by atoms with van der Waals surface area (Å²) in [4.78, 5) is 21.2. The first-order valence-electron chi connectivity index (χ1n) is 4.17. The van der Waals surface area contributed by atoms with Crippen molar-refractivity contribution in [3.8, 4) is 0 Å². The van der Waals surface area contributed by atoms with Crippen molar-refractivity contribution in [1.29, 1.82) is 0 Å². The lowest BCUT2D eigenvalue weighted by Crippen LogP contribution is -2.21. The van der Waals surface area contributed by atoms with Crippen LogP contribution >= 0.6 is 0 Å². The number of hydrogen-bond acceptors (Lipinski definition) is 2. The number of carbonyl (C=O) groups is 2. The monoisotopic (exact) mass is 171 g/mol. The van der Waals surface area contributed by atoms with Gasteiger partial charge in [-0.25, -0.2) is 0 Å². The zero-order valence-electron chi connectivity index (χ0n) is 6.88. The predicted molar refractivity (Wildman–Crippen MR) is 42.6 cm³/mol. The van der Waals surface area contributed by atoms with Crippen LogP contribution in [0.3, 0.4) is 0 Å². The average molecular weight is 171 g/mol. The van der Waals surface area contributed by atoms with Crippen molar-refractivity contribution in [2.24, 2.45) is 5.92 Å². The first-order valence-corrected chi connectivity index (χ1v) is 4.17. The summed E-state index contributed by atoms with van der Waals surface area (Å²) in [6.07, 6.45) is 2.16. The summed E-state index contributed by atoms with van der Waals surface area (Å²) in [5.41, 5.74) is 0. The SMILES string of the molecule is O=C(O)C[C@H]1CCNC(=O)CC1. The van der Waals surface area contributed by atoms with Crippen LogP contribution in [0.4, 0.5) is 0 Å². The third kappa shape index (κ3) is 2.90. The number of carbonyl (C=O) groups excluding carboxylic acids is 1. The molecule has 1 aliphatic rings. The van der Waals surface area contributed by atoms with Crippen molar-refractivity contribution < 1.29 is 14.7 Å². The molecule has 4 heteroatoms. The summed E-state index contributed by atoms with van der Waals surface area (Å²) < 4.78 is 0. The Balaban J connectivity index is 2.35. The van der Waals surface area contributed by atoms with Crippen molar-refractivity contribution in [3.05, 3.63) is 0 Å². The van der Waals surface area contributed by atoms with Gasteiger partial charge in [0.2, 0.25) is 5.91 Å². The molecule has 0 unspecified atom stereocenters. The lowest BCUT2D eigenvalue weighted by atomic mass is 9.97. The first kappa shape index (κ1) is 9.03. The second-order valence-corrected chi connectivity index (χ2v) is 3.14. The third-order valence-corrected chi connectivity index (χ3v) is 2.12. The Bertz CT molecular complexity index is 191. The van der Waals surface area contributed by atoms with Gasteiger partial charge in [0, 0.05) is 19.4 Å². The summed E-state index contributed by atoms with van der Waals surface area (Å²) in [7, 11) is 0. The van der Waals surface area contributed by atoms with Crippen molar-refractivity contribution in [3.63, 3.8) is 0 Å². The average Bonchev–Trinajstić information content (AvgIpc) is 2.15. The van der Waals surface area contributed by atoms with Crippen LogP contribution in [-0.2, 0) is 9.59 Å². The number of rotatable bonds is 2. The van der Waals surface area contributed by atoms with Crippen LogP contribution in [0.1, 0.15) is 25.7 Å². The Morgan fingerprint density at radius 2 is 2.33 bits per heavy atom. The van der Waals surface area contributed by atoms with E-state index in [1.807, 2.05) is 0 Å². The Morgan fingerprint density at radius 3 is 3.00 bits per heavy atom. The van der Waals surface area contributed by atoms with Gasteiger partial charge in [0.15, 0.2) is 0 Å². The standard InChI is InChI=1S/C8H13NO3/c10-7-2-1-6(3-4-9-7)5-8(11)12/h6H,1-5H2,(H,9,10)(H,11,12)/t6-/m1/s1. The molecule has 2 N–H and O–H groups in total. The van der Waals surface area contributed by atoms with Gasteiger partial charge >= 0.3 is 5.97 Å². The fourth-order valence-corrected chi connectivity index (χ4v) is 1.43. The molecule has 0 aromatic heterocycles. The Labute approximate surface area is 71.0 Å². The van der Waals surface area contributed by atoms with Crippen LogP contribution in [0, 0.1) is 5.92 Å². The number of hydrogen-bond donors (Lipinski definition) is 2. The molecule has 0 spiro atoms. The molecule has 68 valence electrons. The minimum atomic E-state index is -0.769. The van der Waals surface area contributed by atoms with Crippen LogP contribution in [0.25, 0.3) is 0 Å². The van der Waals surface area contributed by atoms with Crippen LogP contribution in [0.5, 0.6) is 0 Å². The van der Waals surface area contributed by atoms with Crippen LogP contribution in [0.2, 0.25) is 0 Å². The molecule has 1 fully saturated rings. The summed E-state index contributed by atoms with van der Waals surface area (Å²) in [6, 6.07) is 0. The van der Waals surface area contributed by atoms with Gasteiger partial charge < -0.3 is 10.4 Å². The predicted octanol–water partition coefficient (Wildman–Crippen LogP) is 0.377. The largest absolute Gasteiger partial charge is 0.481 e. The van der Waals surface area contributed by atoms with Crippen molar-refractivity contribution >= 4 is 11.9 Å². The molecule has 12 heavy (non-hydrogen) atoms. The van der Waals surface area contributed by atoms with E-state index in [4.69, 9.17) is 5.11 Å². The summed E-state index contributed by atoms with van der Waals surface area (Å²) in [6.45, 7) is 0.622. The molecule has 1 saturated heterocycles. The molecule has 0 radical (unpaired) electrons. The maximum Gasteiger partial charge on any atom is 0.303 e. The number of carboxylic acids is 1. The van der Waals surface area contributed by atoms with Crippen LogP contribution < -0.4 is 5.32 Å². The topological polar surface area (TPSA) is 66.4 Å². The van der Waals surface area contributed by atoms with Crippen molar-refractivity contribution in [2.75, 3.05) is 6.54 Å². The van der Waals surface area contributed by atoms with Crippen molar-refractivity contribution in [1.82, 2.24) is 5.32 Å². The first-order chi connectivity index (χ1) is 5.68. The van der Waals surface area contributed by atoms with Gasteiger partial charge in [0.05, 0.1) is 0 Å². The molecule has 1 heterocycles. The lowest BCUT2D eigenvalue weighted by Gasteiger charge is -2.08. The van der Waals surface area contributed by atoms with Gasteiger partial charge in [0.1, 0.15) is 0 Å². The zero-order valence-corrected chi connectivity index (χ0v) is 6.88. The van der Waals surface area contributed by atoms with E-state index in [0.29, 0.717) is 19.4 Å². The fraction of sp³-hybridized carbons (Fsp3) is 0.750. The Kier molecular flexibility index (Phi) is 3.08. The maximum atomic E-state index is 10.9. The number of aliphatic carboxylic acids is 1. The van der Waals surface area contributed by atoms with Gasteiger partial charge in [-0.3, -0.25) is 9.59 Å². The Morgan fingerprint density at radius 1 is 1.58 bits per heavy atom. The smallest absolute Gasteiger partial charge is 0.303 e. The molecule has 0 aliphatic carbocycles. The minimum absolute atomic E-state index is 0.0443. The van der Waals surface area contributed by atoms with E-state index in [2.05, 4.69) is 5.32 Å². The highest BCUT2D eigenvalue weighted by atomic mass is 16.4. The molecule has 4 nitrogen and oxygen atoms in total. The van der Waals surface area contributed by atoms with Gasteiger partial charge in [0.25, 0.3) is 0 Å². The molecule has 0 saturated carbocycles. The molecule has 1 rings (SSSR count). The minimum Gasteiger partial charge on any atom is -0.481 e. The van der Waals surface area contributed by atoms with Crippen LogP contribution in [0.15, 0.2) is 0 Å². The second kappa shape index (κ2) is 4.09. The molecule has 1 aliphatic heterocycles. The molecular formula is C8H13NO3. The second-order valence-electron chi connectivity index (χ2n) is 3.14. The number of carboxylic acid groups (broad SMARTS) is 1. The van der Waals surface area contributed by atoms with E-state index >= 15 is 0 Å². The van der Waals surface area contributed by atoms with E-state index in [0.717, 1.165) is 6.42 Å². The molecular weight excluding hydrogens is 158 g/mol. The van der Waals surface area contributed by atoms with E-state index in [1.54, 1.807) is 0 Å². The molecule has 1 atom stereocenters. The molecule has 0 aromatic rings. The van der Waals surface area contributed by atoms with Gasteiger partial charge in [-0.2, -0.15) is 0 Å². The number of amides is 1. The quantitative estimate of drug-likeness (QED) is 0.631. The van der Waals surface area contributed by atoms with Gasteiger partial charge in [-0.15, -0.1) is 0 Å². The normalized spacial score (nSPS) is 24.3. The van der Waals surface area contributed by atoms with E-state index < -0.39 is 5.97 Å². The third-order valence-electron chi connectivity index (χ3n) is 2.12. The molecule has 1 amide bonds. The van der Waals surface area contributed by atoms with E-state index in [-0.39, 0.29) is 18.2 Å². The Hall–Kier alpha value is -1.06. The summed E-state index contributed by atoms with van der Waals surface area (Å²) in [5.74, 6) is -0.557.